The molecule has 2 rings (SSSR count). The first-order chi connectivity index (χ1) is 6.79. The molecule has 4 nitrogen and oxygen atoms in total. The van der Waals surface area contributed by atoms with Crippen molar-refractivity contribution in [2.45, 2.75) is 0 Å². The quantitative estimate of drug-likeness (QED) is 0.770. The Hall–Kier alpha value is -1.62. The molecule has 0 aliphatic carbocycles. The van der Waals surface area contributed by atoms with Crippen molar-refractivity contribution in [1.82, 2.24) is 9.97 Å². The minimum atomic E-state index is 0.371. The highest BCUT2D eigenvalue weighted by Gasteiger charge is 2.03. The second-order valence-corrected chi connectivity index (χ2v) is 3.01. The van der Waals surface area contributed by atoms with E-state index in [1.165, 1.54) is 0 Å². The van der Waals surface area contributed by atoms with Crippen LogP contribution in [0.25, 0.3) is 11.5 Å². The lowest BCUT2D eigenvalue weighted by atomic mass is 10.3. The Bertz CT molecular complexity index is 476. The molecule has 0 spiro atoms. The van der Waals surface area contributed by atoms with Gasteiger partial charge in [0, 0.05) is 6.07 Å². The molecule has 0 saturated heterocycles. The van der Waals surface area contributed by atoms with Crippen LogP contribution >= 0.6 is 12.2 Å². The van der Waals surface area contributed by atoms with Crippen LogP contribution in [0.1, 0.15) is 0 Å². The number of nitrogens with one attached hydrogen (secondary N) is 1. The molecule has 2 aromatic rings. The van der Waals surface area contributed by atoms with Gasteiger partial charge in [-0.15, -0.1) is 0 Å². The average molecular weight is 208 g/mol. The zero-order valence-corrected chi connectivity index (χ0v) is 8.30. The predicted molar refractivity (Wildman–Crippen MR) is 53.7 cm³/mol. The van der Waals surface area contributed by atoms with Crippen molar-refractivity contribution in [3.05, 3.63) is 29.2 Å². The Balaban J connectivity index is 2.54. The first-order valence-electron chi connectivity index (χ1n) is 3.99. The molecule has 0 aromatic carbocycles. The van der Waals surface area contributed by atoms with E-state index in [4.69, 9.17) is 21.4 Å². The van der Waals surface area contributed by atoms with Gasteiger partial charge in [-0.1, -0.05) is 0 Å². The van der Waals surface area contributed by atoms with E-state index >= 15 is 0 Å². The van der Waals surface area contributed by atoms with E-state index in [0.717, 1.165) is 5.69 Å². The molecule has 5 heteroatoms. The van der Waals surface area contributed by atoms with Gasteiger partial charge in [-0.25, -0.2) is 0 Å². The van der Waals surface area contributed by atoms with E-state index in [-0.39, 0.29) is 0 Å². The molecule has 0 radical (unpaired) electrons. The molecule has 2 heterocycles. The Morgan fingerprint density at radius 1 is 1.57 bits per heavy atom. The van der Waals surface area contributed by atoms with E-state index in [2.05, 4.69) is 9.97 Å². The molecular formula is C9H8N2O2S. The van der Waals surface area contributed by atoms with Gasteiger partial charge in [-0.2, -0.15) is 4.98 Å². The zero-order valence-electron chi connectivity index (χ0n) is 7.48. The molecule has 1 N–H and O–H groups in total. The Labute approximate surface area is 85.6 Å². The topological polar surface area (TPSA) is 51.0 Å². The van der Waals surface area contributed by atoms with Gasteiger partial charge in [0.15, 0.2) is 0 Å². The molecule has 2 aromatic heterocycles. The lowest BCUT2D eigenvalue weighted by molar-refractivity contribution is 0.396. The van der Waals surface area contributed by atoms with Crippen molar-refractivity contribution in [1.29, 1.82) is 0 Å². The van der Waals surface area contributed by atoms with Crippen LogP contribution in [0.5, 0.6) is 5.88 Å². The van der Waals surface area contributed by atoms with Gasteiger partial charge in [0.1, 0.15) is 5.76 Å². The first-order valence-corrected chi connectivity index (χ1v) is 4.39. The number of methoxy groups -OCH3 is 1. The van der Waals surface area contributed by atoms with Gasteiger partial charge in [-0.05, 0) is 24.4 Å². The molecule has 0 bridgehead atoms. The summed E-state index contributed by atoms with van der Waals surface area (Å²) in [5.41, 5.74) is 0.756. The van der Waals surface area contributed by atoms with Crippen molar-refractivity contribution >= 4 is 12.2 Å². The fourth-order valence-electron chi connectivity index (χ4n) is 1.10. The fourth-order valence-corrected chi connectivity index (χ4v) is 1.30. The highest BCUT2D eigenvalue weighted by atomic mass is 32.1. The SMILES string of the molecule is COc1cc(-c2ccco2)[nH]c(=S)n1. The molecule has 0 unspecified atom stereocenters. The summed E-state index contributed by atoms with van der Waals surface area (Å²) < 4.78 is 10.6. The standard InChI is InChI=1S/C9H8N2O2S/c1-12-8-5-6(10-9(14)11-8)7-3-2-4-13-7/h2-5H,1H3,(H,10,11,14). The maximum atomic E-state index is 5.21. The average Bonchev–Trinajstić information content (AvgIpc) is 2.69. The van der Waals surface area contributed by atoms with Crippen LogP contribution in [0, 0.1) is 4.77 Å². The third-order valence-electron chi connectivity index (χ3n) is 1.72. The smallest absolute Gasteiger partial charge is 0.217 e. The number of nitrogens with zero attached hydrogens (tertiary/aromatic N) is 1. The Kier molecular flexibility index (Phi) is 2.32. The van der Waals surface area contributed by atoms with Gasteiger partial charge in [0.25, 0.3) is 0 Å². The van der Waals surface area contributed by atoms with Crippen molar-refractivity contribution in [3.8, 4) is 17.3 Å². The minimum absolute atomic E-state index is 0.371. The van der Waals surface area contributed by atoms with Gasteiger partial charge in [0.05, 0.1) is 19.1 Å². The van der Waals surface area contributed by atoms with Gasteiger partial charge in [0.2, 0.25) is 10.7 Å². The highest BCUT2D eigenvalue weighted by molar-refractivity contribution is 7.71. The van der Waals surface area contributed by atoms with Crippen LogP contribution in [0.3, 0.4) is 0 Å². The lowest BCUT2D eigenvalue weighted by Gasteiger charge is -2.00. The summed E-state index contributed by atoms with van der Waals surface area (Å²) in [7, 11) is 1.54. The van der Waals surface area contributed by atoms with Crippen LogP contribution in [-0.2, 0) is 0 Å². The zero-order chi connectivity index (χ0) is 9.97. The number of H-pyrrole nitrogens is 1. The van der Waals surface area contributed by atoms with Crippen molar-refractivity contribution in [2.75, 3.05) is 7.11 Å². The van der Waals surface area contributed by atoms with Crippen molar-refractivity contribution in [3.63, 3.8) is 0 Å². The third kappa shape index (κ3) is 1.67. The van der Waals surface area contributed by atoms with Crippen LogP contribution in [0.4, 0.5) is 0 Å². The van der Waals surface area contributed by atoms with E-state index in [1.807, 2.05) is 6.07 Å². The molecule has 0 atom stereocenters. The van der Waals surface area contributed by atoms with E-state index in [0.29, 0.717) is 16.4 Å². The summed E-state index contributed by atoms with van der Waals surface area (Å²) >= 11 is 4.94. The molecule has 0 aliphatic heterocycles. The monoisotopic (exact) mass is 208 g/mol. The van der Waals surface area contributed by atoms with Crippen LogP contribution in [0.15, 0.2) is 28.9 Å². The summed E-state index contributed by atoms with van der Waals surface area (Å²) in [5.74, 6) is 1.18. The number of aromatic nitrogens is 2. The molecule has 14 heavy (non-hydrogen) atoms. The maximum absolute atomic E-state index is 5.21. The summed E-state index contributed by atoms with van der Waals surface area (Å²) in [6.45, 7) is 0. The number of ether oxygens (including phenoxy) is 1. The summed E-state index contributed by atoms with van der Waals surface area (Å²) in [5, 5.41) is 0. The third-order valence-corrected chi connectivity index (χ3v) is 1.91. The normalized spacial score (nSPS) is 10.1. The second kappa shape index (κ2) is 3.63. The number of aromatic amines is 1. The number of hydrogen-bond acceptors (Lipinski definition) is 4. The van der Waals surface area contributed by atoms with Gasteiger partial charge >= 0.3 is 0 Å². The van der Waals surface area contributed by atoms with Crippen LogP contribution in [0.2, 0.25) is 0 Å². The highest BCUT2D eigenvalue weighted by Crippen LogP contribution is 2.19. The maximum Gasteiger partial charge on any atom is 0.217 e. The van der Waals surface area contributed by atoms with E-state index < -0.39 is 0 Å². The van der Waals surface area contributed by atoms with E-state index in [9.17, 15) is 0 Å². The second-order valence-electron chi connectivity index (χ2n) is 2.62. The van der Waals surface area contributed by atoms with E-state index in [1.54, 1.807) is 25.5 Å². The van der Waals surface area contributed by atoms with Crippen LogP contribution in [-0.4, -0.2) is 17.1 Å². The fraction of sp³-hybridized carbons (Fsp3) is 0.111. The molecule has 0 fully saturated rings. The summed E-state index contributed by atoms with van der Waals surface area (Å²) in [6, 6.07) is 5.37. The Morgan fingerprint density at radius 2 is 2.43 bits per heavy atom. The Morgan fingerprint density at radius 3 is 3.07 bits per heavy atom. The lowest BCUT2D eigenvalue weighted by Crippen LogP contribution is -1.91. The first kappa shape index (κ1) is 8.96. The molecule has 0 amide bonds. The largest absolute Gasteiger partial charge is 0.481 e. The number of hydrogen-bond donors (Lipinski definition) is 1. The van der Waals surface area contributed by atoms with Crippen molar-refractivity contribution in [2.24, 2.45) is 0 Å². The molecule has 72 valence electrons. The summed E-state index contributed by atoms with van der Waals surface area (Å²) in [4.78, 5) is 6.87. The summed E-state index contributed by atoms with van der Waals surface area (Å²) in [6.07, 6.45) is 1.60. The van der Waals surface area contributed by atoms with Crippen molar-refractivity contribution < 1.29 is 9.15 Å². The molecule has 0 saturated carbocycles. The van der Waals surface area contributed by atoms with Gasteiger partial charge < -0.3 is 14.1 Å². The van der Waals surface area contributed by atoms with Crippen LogP contribution < -0.4 is 4.74 Å². The molecular weight excluding hydrogens is 200 g/mol. The predicted octanol–water partition coefficient (Wildman–Crippen LogP) is 2.41. The minimum Gasteiger partial charge on any atom is -0.481 e. The van der Waals surface area contributed by atoms with Gasteiger partial charge in [-0.3, -0.25) is 0 Å². The number of rotatable bonds is 2. The number of furan rings is 1. The molecule has 0 aliphatic rings.